The van der Waals surface area contributed by atoms with Crippen LogP contribution in [0.2, 0.25) is 0 Å². The van der Waals surface area contributed by atoms with Gasteiger partial charge in [-0.05, 0) is 23.1 Å². The Bertz CT molecular complexity index is 380. The standard InChI is InChI=1S/C13H16O3/c14-9-11-3-1-2-10-4-5-13(8-12(10)11)15-6-7-16-13/h1-3,14H,4-9H2. The van der Waals surface area contributed by atoms with Crippen LogP contribution in [0.5, 0.6) is 0 Å². The van der Waals surface area contributed by atoms with Crippen molar-refractivity contribution in [2.45, 2.75) is 31.7 Å². The van der Waals surface area contributed by atoms with E-state index in [1.807, 2.05) is 12.1 Å². The molecule has 2 aliphatic rings. The number of hydrogen-bond acceptors (Lipinski definition) is 3. The molecule has 1 aromatic rings. The van der Waals surface area contributed by atoms with E-state index in [0.29, 0.717) is 13.2 Å². The van der Waals surface area contributed by atoms with Gasteiger partial charge in [-0.15, -0.1) is 0 Å². The molecular formula is C13H16O3. The van der Waals surface area contributed by atoms with Crippen LogP contribution in [0.25, 0.3) is 0 Å². The maximum Gasteiger partial charge on any atom is 0.172 e. The molecule has 1 aliphatic heterocycles. The summed E-state index contributed by atoms with van der Waals surface area (Å²) < 4.78 is 11.5. The molecule has 0 aromatic heterocycles. The number of fused-ring (bicyclic) bond motifs is 1. The summed E-state index contributed by atoms with van der Waals surface area (Å²) in [5, 5.41) is 9.34. The molecule has 1 spiro atoms. The zero-order chi connectivity index (χ0) is 11.0. The van der Waals surface area contributed by atoms with E-state index in [2.05, 4.69) is 6.07 Å². The number of benzene rings is 1. The van der Waals surface area contributed by atoms with E-state index in [1.165, 1.54) is 11.1 Å². The number of ether oxygens (including phenoxy) is 2. The van der Waals surface area contributed by atoms with Gasteiger partial charge < -0.3 is 14.6 Å². The third kappa shape index (κ3) is 1.56. The molecule has 1 fully saturated rings. The van der Waals surface area contributed by atoms with Crippen LogP contribution < -0.4 is 0 Å². The summed E-state index contributed by atoms with van der Waals surface area (Å²) in [6, 6.07) is 6.13. The summed E-state index contributed by atoms with van der Waals surface area (Å²) in [5.41, 5.74) is 3.56. The molecule has 0 amide bonds. The van der Waals surface area contributed by atoms with E-state index >= 15 is 0 Å². The average Bonchev–Trinajstić information content (AvgIpc) is 2.77. The third-order valence-corrected chi connectivity index (χ3v) is 3.58. The molecule has 1 N–H and O–H groups in total. The van der Waals surface area contributed by atoms with Crippen LogP contribution in [0.4, 0.5) is 0 Å². The Morgan fingerprint density at radius 2 is 2.06 bits per heavy atom. The number of aliphatic hydroxyl groups is 1. The molecule has 0 atom stereocenters. The Balaban J connectivity index is 1.97. The van der Waals surface area contributed by atoms with Crippen molar-refractivity contribution in [3.05, 3.63) is 34.9 Å². The van der Waals surface area contributed by atoms with Gasteiger partial charge in [0.05, 0.1) is 19.8 Å². The van der Waals surface area contributed by atoms with Crippen LogP contribution in [-0.2, 0) is 28.9 Å². The highest BCUT2D eigenvalue weighted by Crippen LogP contribution is 2.36. The third-order valence-electron chi connectivity index (χ3n) is 3.58. The lowest BCUT2D eigenvalue weighted by Crippen LogP contribution is -2.37. The van der Waals surface area contributed by atoms with Gasteiger partial charge >= 0.3 is 0 Å². The lowest BCUT2D eigenvalue weighted by atomic mass is 9.84. The highest BCUT2D eigenvalue weighted by Gasteiger charge is 2.40. The first-order chi connectivity index (χ1) is 7.83. The fraction of sp³-hybridized carbons (Fsp3) is 0.538. The molecule has 0 bridgehead atoms. The molecule has 86 valence electrons. The summed E-state index contributed by atoms with van der Waals surface area (Å²) in [6.45, 7) is 1.48. The molecule has 1 aliphatic carbocycles. The summed E-state index contributed by atoms with van der Waals surface area (Å²) in [7, 11) is 0. The predicted octanol–water partition coefficient (Wildman–Crippen LogP) is 1.41. The molecule has 1 aromatic carbocycles. The van der Waals surface area contributed by atoms with Crippen molar-refractivity contribution in [2.24, 2.45) is 0 Å². The second kappa shape index (κ2) is 3.84. The van der Waals surface area contributed by atoms with Crippen molar-refractivity contribution < 1.29 is 14.6 Å². The van der Waals surface area contributed by atoms with E-state index in [-0.39, 0.29) is 6.61 Å². The van der Waals surface area contributed by atoms with Crippen molar-refractivity contribution >= 4 is 0 Å². The zero-order valence-electron chi connectivity index (χ0n) is 9.24. The van der Waals surface area contributed by atoms with Crippen LogP contribution in [0, 0.1) is 0 Å². The molecule has 0 radical (unpaired) electrons. The minimum absolute atomic E-state index is 0.0965. The Kier molecular flexibility index (Phi) is 2.46. The van der Waals surface area contributed by atoms with Gasteiger partial charge in [-0.3, -0.25) is 0 Å². The van der Waals surface area contributed by atoms with Crippen LogP contribution >= 0.6 is 0 Å². The quantitative estimate of drug-likeness (QED) is 0.777. The second-order valence-electron chi connectivity index (χ2n) is 4.50. The SMILES string of the molecule is OCc1cccc2c1CC1(CC2)OCCO1. The smallest absolute Gasteiger partial charge is 0.172 e. The first kappa shape index (κ1) is 10.3. The minimum atomic E-state index is -0.404. The van der Waals surface area contributed by atoms with Gasteiger partial charge in [-0.1, -0.05) is 18.2 Å². The maximum atomic E-state index is 9.34. The van der Waals surface area contributed by atoms with Gasteiger partial charge in [0.1, 0.15) is 0 Å². The molecule has 1 saturated heterocycles. The summed E-state index contributed by atoms with van der Waals surface area (Å²) in [4.78, 5) is 0. The molecule has 0 unspecified atom stereocenters. The van der Waals surface area contributed by atoms with Gasteiger partial charge in [0, 0.05) is 12.8 Å². The van der Waals surface area contributed by atoms with Gasteiger partial charge in [-0.2, -0.15) is 0 Å². The Labute approximate surface area is 95.0 Å². The Hall–Kier alpha value is -0.900. The second-order valence-corrected chi connectivity index (χ2v) is 4.50. The van der Waals surface area contributed by atoms with Crippen molar-refractivity contribution in [1.82, 2.24) is 0 Å². The summed E-state index contributed by atoms with van der Waals surface area (Å²) >= 11 is 0. The molecule has 16 heavy (non-hydrogen) atoms. The van der Waals surface area contributed by atoms with Gasteiger partial charge in [0.2, 0.25) is 0 Å². The Morgan fingerprint density at radius 3 is 2.81 bits per heavy atom. The van der Waals surface area contributed by atoms with Gasteiger partial charge in [-0.25, -0.2) is 0 Å². The fourth-order valence-corrected chi connectivity index (χ4v) is 2.72. The van der Waals surface area contributed by atoms with Crippen molar-refractivity contribution in [1.29, 1.82) is 0 Å². The van der Waals surface area contributed by atoms with Crippen molar-refractivity contribution in [3.63, 3.8) is 0 Å². The largest absolute Gasteiger partial charge is 0.392 e. The van der Waals surface area contributed by atoms with E-state index in [4.69, 9.17) is 9.47 Å². The van der Waals surface area contributed by atoms with Crippen LogP contribution in [-0.4, -0.2) is 24.1 Å². The van der Waals surface area contributed by atoms with Crippen molar-refractivity contribution in [3.8, 4) is 0 Å². The highest BCUT2D eigenvalue weighted by molar-refractivity contribution is 5.38. The average molecular weight is 220 g/mol. The lowest BCUT2D eigenvalue weighted by molar-refractivity contribution is -0.163. The van der Waals surface area contributed by atoms with Crippen LogP contribution in [0.1, 0.15) is 23.1 Å². The van der Waals surface area contributed by atoms with Crippen LogP contribution in [0.15, 0.2) is 18.2 Å². The van der Waals surface area contributed by atoms with Crippen molar-refractivity contribution in [2.75, 3.05) is 13.2 Å². The Morgan fingerprint density at radius 1 is 1.25 bits per heavy atom. The van der Waals surface area contributed by atoms with E-state index in [0.717, 1.165) is 24.8 Å². The van der Waals surface area contributed by atoms with E-state index < -0.39 is 5.79 Å². The zero-order valence-corrected chi connectivity index (χ0v) is 9.24. The van der Waals surface area contributed by atoms with Crippen LogP contribution in [0.3, 0.4) is 0 Å². The maximum absolute atomic E-state index is 9.34. The number of hydrogen-bond donors (Lipinski definition) is 1. The van der Waals surface area contributed by atoms with Gasteiger partial charge in [0.25, 0.3) is 0 Å². The molecule has 1 heterocycles. The first-order valence-corrected chi connectivity index (χ1v) is 5.81. The van der Waals surface area contributed by atoms with E-state index in [9.17, 15) is 5.11 Å². The number of rotatable bonds is 1. The first-order valence-electron chi connectivity index (χ1n) is 5.81. The molecule has 3 nitrogen and oxygen atoms in total. The highest BCUT2D eigenvalue weighted by atomic mass is 16.7. The monoisotopic (exact) mass is 220 g/mol. The lowest BCUT2D eigenvalue weighted by Gasteiger charge is -2.33. The summed E-state index contributed by atoms with van der Waals surface area (Å²) in [5.74, 6) is -0.404. The number of aryl methyl sites for hydroxylation is 1. The summed E-state index contributed by atoms with van der Waals surface area (Å²) in [6.07, 6.45) is 2.68. The van der Waals surface area contributed by atoms with E-state index in [1.54, 1.807) is 0 Å². The molecule has 3 rings (SSSR count). The molecule has 3 heteroatoms. The predicted molar refractivity (Wildman–Crippen MR) is 59.0 cm³/mol. The number of aliphatic hydroxyl groups excluding tert-OH is 1. The van der Waals surface area contributed by atoms with Gasteiger partial charge in [0.15, 0.2) is 5.79 Å². The fourth-order valence-electron chi connectivity index (χ4n) is 2.72. The minimum Gasteiger partial charge on any atom is -0.392 e. The topological polar surface area (TPSA) is 38.7 Å². The molecule has 0 saturated carbocycles. The molecular weight excluding hydrogens is 204 g/mol. The normalized spacial score (nSPS) is 22.3.